The number of methoxy groups -OCH3 is 1. The van der Waals surface area contributed by atoms with E-state index in [2.05, 4.69) is 9.88 Å². The molecule has 0 radical (unpaired) electrons. The van der Waals surface area contributed by atoms with E-state index in [4.69, 9.17) is 9.47 Å². The maximum atomic E-state index is 13.4. The summed E-state index contributed by atoms with van der Waals surface area (Å²) in [5.74, 6) is 0.627. The van der Waals surface area contributed by atoms with Crippen LogP contribution in [0.1, 0.15) is 59.2 Å². The van der Waals surface area contributed by atoms with Gasteiger partial charge in [0.1, 0.15) is 0 Å². The molecule has 0 bridgehead atoms. The molecule has 1 aromatic heterocycles. The number of likely N-dealkylation sites (tertiary alicyclic amines) is 1. The van der Waals surface area contributed by atoms with Crippen molar-refractivity contribution in [3.63, 3.8) is 0 Å². The van der Waals surface area contributed by atoms with Crippen molar-refractivity contribution in [1.82, 2.24) is 14.8 Å². The van der Waals surface area contributed by atoms with Crippen molar-refractivity contribution in [1.29, 1.82) is 0 Å². The number of carbonyl (C=O) groups is 2. The fourth-order valence-electron chi connectivity index (χ4n) is 5.23. The molecular formula is C26H31N3O4. The molecule has 1 saturated carbocycles. The largest absolute Gasteiger partial charge is 0.481 e. The van der Waals surface area contributed by atoms with E-state index in [1.807, 2.05) is 35.2 Å². The molecule has 3 heterocycles. The summed E-state index contributed by atoms with van der Waals surface area (Å²) in [5.41, 5.74) is 1.07. The fourth-order valence-corrected chi connectivity index (χ4v) is 5.23. The van der Waals surface area contributed by atoms with E-state index in [1.165, 1.54) is 0 Å². The van der Waals surface area contributed by atoms with Crippen LogP contribution in [-0.4, -0.2) is 71.1 Å². The number of hydrogen-bond donors (Lipinski definition) is 0. The van der Waals surface area contributed by atoms with E-state index in [1.54, 1.807) is 25.4 Å². The Labute approximate surface area is 194 Å². The van der Waals surface area contributed by atoms with Crippen molar-refractivity contribution >= 4 is 11.8 Å². The third kappa shape index (κ3) is 4.60. The Morgan fingerprint density at radius 3 is 2.42 bits per heavy atom. The quantitative estimate of drug-likeness (QED) is 0.698. The number of piperidine rings is 1. The van der Waals surface area contributed by atoms with Crippen LogP contribution in [-0.2, 0) is 4.74 Å². The molecule has 1 aromatic carbocycles. The molecule has 7 nitrogen and oxygen atoms in total. The number of amides is 2. The maximum Gasteiger partial charge on any atom is 0.255 e. The van der Waals surface area contributed by atoms with Gasteiger partial charge in [0.2, 0.25) is 5.88 Å². The van der Waals surface area contributed by atoms with Crippen molar-refractivity contribution in [2.45, 2.75) is 56.2 Å². The number of ether oxygens (including phenoxy) is 2. The summed E-state index contributed by atoms with van der Waals surface area (Å²) in [6, 6.07) is 13.6. The minimum atomic E-state index is -0.262. The van der Waals surface area contributed by atoms with Crippen molar-refractivity contribution in [2.24, 2.45) is 0 Å². The SMILES string of the molecule is COc1ccc(C(=O)N2CCC3(CC2)CC(N(C(=O)c2ccccc2)C2CC2)CCO3)cn1. The summed E-state index contributed by atoms with van der Waals surface area (Å²) in [6.45, 7) is 1.95. The lowest BCUT2D eigenvalue weighted by atomic mass is 9.81. The number of carbonyl (C=O) groups excluding carboxylic acids is 2. The highest BCUT2D eigenvalue weighted by atomic mass is 16.5. The molecule has 7 heteroatoms. The number of aromatic nitrogens is 1. The third-order valence-corrected chi connectivity index (χ3v) is 7.21. The number of hydrogen-bond acceptors (Lipinski definition) is 5. The first kappa shape index (κ1) is 21.9. The first-order valence-electron chi connectivity index (χ1n) is 11.9. The molecule has 0 N–H and O–H groups in total. The Balaban J connectivity index is 1.25. The normalized spacial score (nSPS) is 22.1. The molecule has 2 amide bonds. The van der Waals surface area contributed by atoms with Crippen LogP contribution in [0.5, 0.6) is 5.88 Å². The van der Waals surface area contributed by atoms with E-state index < -0.39 is 0 Å². The van der Waals surface area contributed by atoms with Gasteiger partial charge in [-0.25, -0.2) is 4.98 Å². The summed E-state index contributed by atoms with van der Waals surface area (Å²) in [5, 5.41) is 0. The zero-order valence-electron chi connectivity index (χ0n) is 19.1. The minimum absolute atomic E-state index is 0.00813. The lowest BCUT2D eigenvalue weighted by Gasteiger charge is -2.48. The van der Waals surface area contributed by atoms with Crippen molar-refractivity contribution in [3.05, 3.63) is 59.8 Å². The lowest BCUT2D eigenvalue weighted by Crippen LogP contribution is -2.55. The fraction of sp³-hybridized carbons (Fsp3) is 0.500. The van der Waals surface area contributed by atoms with E-state index in [0.717, 1.165) is 44.1 Å². The molecule has 2 aromatic rings. The van der Waals surface area contributed by atoms with Gasteiger partial charge in [-0.15, -0.1) is 0 Å². The van der Waals surface area contributed by atoms with Gasteiger partial charge in [0.15, 0.2) is 0 Å². The summed E-state index contributed by atoms with van der Waals surface area (Å²) >= 11 is 0. The molecular weight excluding hydrogens is 418 g/mol. The molecule has 1 unspecified atom stereocenters. The van der Waals surface area contributed by atoms with Crippen molar-refractivity contribution in [2.75, 3.05) is 26.8 Å². The third-order valence-electron chi connectivity index (χ3n) is 7.21. The Morgan fingerprint density at radius 1 is 1.03 bits per heavy atom. The number of pyridine rings is 1. The van der Waals surface area contributed by atoms with Gasteiger partial charge in [-0.05, 0) is 56.7 Å². The lowest BCUT2D eigenvalue weighted by molar-refractivity contribution is -0.126. The Kier molecular flexibility index (Phi) is 6.06. The second-order valence-electron chi connectivity index (χ2n) is 9.37. The maximum absolute atomic E-state index is 13.4. The zero-order valence-corrected chi connectivity index (χ0v) is 19.1. The van der Waals surface area contributed by atoms with Crippen LogP contribution in [0.4, 0.5) is 0 Å². The first-order valence-corrected chi connectivity index (χ1v) is 11.9. The van der Waals surface area contributed by atoms with Gasteiger partial charge in [-0.3, -0.25) is 9.59 Å². The van der Waals surface area contributed by atoms with Crippen LogP contribution >= 0.6 is 0 Å². The van der Waals surface area contributed by atoms with Gasteiger partial charge >= 0.3 is 0 Å². The summed E-state index contributed by atoms with van der Waals surface area (Å²) in [4.78, 5) is 34.5. The van der Waals surface area contributed by atoms with Gasteiger partial charge < -0.3 is 19.3 Å². The molecule has 1 spiro atoms. The van der Waals surface area contributed by atoms with Crippen LogP contribution in [0.3, 0.4) is 0 Å². The second-order valence-corrected chi connectivity index (χ2v) is 9.37. The van der Waals surface area contributed by atoms with Crippen LogP contribution in [0, 0.1) is 0 Å². The summed E-state index contributed by atoms with van der Waals surface area (Å²) in [7, 11) is 1.56. The van der Waals surface area contributed by atoms with Gasteiger partial charge in [0.25, 0.3) is 11.8 Å². The summed E-state index contributed by atoms with van der Waals surface area (Å²) < 4.78 is 11.4. The second kappa shape index (κ2) is 9.14. The number of benzene rings is 1. The molecule has 174 valence electrons. The Hall–Kier alpha value is -2.93. The van der Waals surface area contributed by atoms with E-state index >= 15 is 0 Å². The van der Waals surface area contributed by atoms with Gasteiger partial charge in [-0.2, -0.15) is 0 Å². The average Bonchev–Trinajstić information content (AvgIpc) is 3.70. The smallest absolute Gasteiger partial charge is 0.255 e. The highest BCUT2D eigenvalue weighted by Gasteiger charge is 2.46. The van der Waals surface area contributed by atoms with Crippen LogP contribution in [0.25, 0.3) is 0 Å². The van der Waals surface area contributed by atoms with Crippen LogP contribution in [0.2, 0.25) is 0 Å². The van der Waals surface area contributed by atoms with Crippen LogP contribution < -0.4 is 4.74 Å². The van der Waals surface area contributed by atoms with Gasteiger partial charge in [-0.1, -0.05) is 18.2 Å². The van der Waals surface area contributed by atoms with E-state index in [9.17, 15) is 9.59 Å². The highest BCUT2D eigenvalue weighted by Crippen LogP contribution is 2.40. The predicted octanol–water partition coefficient (Wildman–Crippen LogP) is 3.55. The molecule has 1 aliphatic carbocycles. The van der Waals surface area contributed by atoms with E-state index in [0.29, 0.717) is 37.2 Å². The number of nitrogens with zero attached hydrogens (tertiary/aromatic N) is 3. The molecule has 5 rings (SSSR count). The molecule has 3 fully saturated rings. The molecule has 1 atom stereocenters. The predicted molar refractivity (Wildman–Crippen MR) is 123 cm³/mol. The standard InChI is InChI=1S/C26H31N3O4/c1-32-23-10-7-20(18-27-23)24(30)28-14-12-26(13-15-28)17-22(11-16-33-26)29(21-8-9-21)25(31)19-5-3-2-4-6-19/h2-7,10,18,21-22H,8-9,11-17H2,1H3. The topological polar surface area (TPSA) is 72.0 Å². The highest BCUT2D eigenvalue weighted by molar-refractivity contribution is 5.95. The van der Waals surface area contributed by atoms with Gasteiger partial charge in [0.05, 0.1) is 18.3 Å². The molecule has 3 aliphatic rings. The van der Waals surface area contributed by atoms with Crippen LogP contribution in [0.15, 0.2) is 48.7 Å². The van der Waals surface area contributed by atoms with Crippen molar-refractivity contribution in [3.8, 4) is 5.88 Å². The number of rotatable bonds is 5. The minimum Gasteiger partial charge on any atom is -0.481 e. The molecule has 33 heavy (non-hydrogen) atoms. The van der Waals surface area contributed by atoms with Gasteiger partial charge in [0, 0.05) is 49.6 Å². The summed E-state index contributed by atoms with van der Waals surface area (Å²) in [6.07, 6.45) is 7.03. The monoisotopic (exact) mass is 449 g/mol. The molecule has 2 saturated heterocycles. The average molecular weight is 450 g/mol. The Bertz CT molecular complexity index is 982. The van der Waals surface area contributed by atoms with E-state index in [-0.39, 0.29) is 23.5 Å². The Morgan fingerprint density at radius 2 is 1.79 bits per heavy atom. The molecule has 2 aliphatic heterocycles. The zero-order chi connectivity index (χ0) is 22.8. The first-order chi connectivity index (χ1) is 16.1. The van der Waals surface area contributed by atoms with Crippen molar-refractivity contribution < 1.29 is 19.1 Å².